The van der Waals surface area contributed by atoms with Crippen molar-refractivity contribution in [3.05, 3.63) is 0 Å². The highest BCUT2D eigenvalue weighted by Gasteiger charge is 2.30. The molecule has 0 saturated heterocycles. The van der Waals surface area contributed by atoms with Crippen LogP contribution < -0.4 is 0 Å². The normalized spacial score (nSPS) is 17.8. The van der Waals surface area contributed by atoms with Crippen molar-refractivity contribution in [1.82, 2.24) is 4.90 Å². The summed E-state index contributed by atoms with van der Waals surface area (Å²) in [6.45, 7) is 0.955. The third kappa shape index (κ3) is 5.50. The summed E-state index contributed by atoms with van der Waals surface area (Å²) in [4.78, 5) is 2.11. The van der Waals surface area contributed by atoms with E-state index in [1.54, 1.807) is 0 Å². The van der Waals surface area contributed by atoms with Crippen LogP contribution in [0.15, 0.2) is 0 Å². The molecular weight excluding hydrogens is 287 g/mol. The van der Waals surface area contributed by atoms with E-state index in [1.165, 1.54) is 6.42 Å². The summed E-state index contributed by atoms with van der Waals surface area (Å²) >= 11 is 3.33. The number of ether oxygens (including phenoxy) is 1. The Morgan fingerprint density at radius 1 is 1.25 bits per heavy atom. The van der Waals surface area contributed by atoms with Crippen LogP contribution in [0.2, 0.25) is 0 Å². The van der Waals surface area contributed by atoms with E-state index in [9.17, 15) is 13.2 Å². The first-order chi connectivity index (χ1) is 7.53. The second-order valence-electron chi connectivity index (χ2n) is 3.96. The number of hydrogen-bond acceptors (Lipinski definition) is 2. The molecule has 0 aromatic rings. The van der Waals surface area contributed by atoms with Crippen LogP contribution in [-0.2, 0) is 4.74 Å². The van der Waals surface area contributed by atoms with Crippen molar-refractivity contribution in [2.75, 3.05) is 25.0 Å². The van der Waals surface area contributed by atoms with Gasteiger partial charge in [-0.1, -0.05) is 22.4 Å². The van der Waals surface area contributed by atoms with Gasteiger partial charge in [0.2, 0.25) is 0 Å². The van der Waals surface area contributed by atoms with Gasteiger partial charge in [-0.25, -0.2) is 0 Å². The third-order valence-electron chi connectivity index (χ3n) is 2.81. The molecule has 0 amide bonds. The molecule has 0 atom stereocenters. The highest BCUT2D eigenvalue weighted by atomic mass is 79.9. The molecule has 96 valence electrons. The van der Waals surface area contributed by atoms with E-state index in [0.717, 1.165) is 31.1 Å². The minimum Gasteiger partial charge on any atom is -0.298 e. The Morgan fingerprint density at radius 3 is 2.38 bits per heavy atom. The maximum atomic E-state index is 11.8. The molecule has 0 spiro atoms. The van der Waals surface area contributed by atoms with Crippen molar-refractivity contribution in [2.24, 2.45) is 0 Å². The Bertz CT molecular complexity index is 197. The van der Waals surface area contributed by atoms with E-state index in [-0.39, 0.29) is 6.61 Å². The summed E-state index contributed by atoms with van der Waals surface area (Å²) in [6.07, 6.45) is -0.137. The lowest BCUT2D eigenvalue weighted by molar-refractivity contribution is -0.325. The van der Waals surface area contributed by atoms with Crippen molar-refractivity contribution in [3.8, 4) is 0 Å². The number of rotatable bonds is 7. The fraction of sp³-hybridized carbons (Fsp3) is 1.00. The summed E-state index contributed by atoms with van der Waals surface area (Å²) in [6, 6.07) is 0.468. The molecule has 16 heavy (non-hydrogen) atoms. The highest BCUT2D eigenvalue weighted by molar-refractivity contribution is 9.09. The molecule has 0 aliphatic heterocycles. The van der Waals surface area contributed by atoms with E-state index in [2.05, 4.69) is 25.6 Å². The zero-order valence-corrected chi connectivity index (χ0v) is 10.7. The van der Waals surface area contributed by atoms with Crippen molar-refractivity contribution in [2.45, 2.75) is 38.1 Å². The van der Waals surface area contributed by atoms with Gasteiger partial charge in [-0.3, -0.25) is 9.64 Å². The Hall–Kier alpha value is 0.190. The summed E-state index contributed by atoms with van der Waals surface area (Å²) < 4.78 is 39.2. The summed E-state index contributed by atoms with van der Waals surface area (Å²) in [5, 5.41) is 0.885. The largest absolute Gasteiger partial charge is 0.522 e. The van der Waals surface area contributed by atoms with Gasteiger partial charge in [0.25, 0.3) is 0 Å². The highest BCUT2D eigenvalue weighted by Crippen LogP contribution is 2.25. The van der Waals surface area contributed by atoms with Crippen molar-refractivity contribution in [1.29, 1.82) is 0 Å². The molecule has 0 heterocycles. The Labute approximate surface area is 102 Å². The fourth-order valence-electron chi connectivity index (χ4n) is 1.77. The van der Waals surface area contributed by atoms with Crippen LogP contribution in [0.5, 0.6) is 0 Å². The van der Waals surface area contributed by atoms with Crippen molar-refractivity contribution in [3.63, 3.8) is 0 Å². The number of hydrogen-bond donors (Lipinski definition) is 0. The first-order valence-corrected chi connectivity index (χ1v) is 6.66. The average Bonchev–Trinajstić information content (AvgIpc) is 2.08. The molecule has 0 N–H and O–H groups in total. The summed E-state index contributed by atoms with van der Waals surface area (Å²) in [5.74, 6) is 0. The number of halogens is 4. The van der Waals surface area contributed by atoms with Gasteiger partial charge in [-0.2, -0.15) is 0 Å². The van der Waals surface area contributed by atoms with Gasteiger partial charge in [0.15, 0.2) is 0 Å². The summed E-state index contributed by atoms with van der Waals surface area (Å²) in [7, 11) is 0. The zero-order chi connectivity index (χ0) is 12.0. The van der Waals surface area contributed by atoms with E-state index in [4.69, 9.17) is 0 Å². The molecule has 1 saturated carbocycles. The molecule has 1 aliphatic carbocycles. The molecule has 1 rings (SSSR count). The van der Waals surface area contributed by atoms with Crippen LogP contribution in [-0.4, -0.2) is 42.3 Å². The lowest BCUT2D eigenvalue weighted by atomic mass is 9.91. The van der Waals surface area contributed by atoms with Crippen LogP contribution in [0.3, 0.4) is 0 Å². The molecule has 0 aromatic carbocycles. The van der Waals surface area contributed by atoms with Gasteiger partial charge in [0, 0.05) is 17.9 Å². The lowest BCUT2D eigenvalue weighted by Gasteiger charge is -2.37. The Kier molecular flexibility index (Phi) is 6.07. The average molecular weight is 304 g/mol. The van der Waals surface area contributed by atoms with Gasteiger partial charge in [0.05, 0.1) is 6.61 Å². The van der Waals surface area contributed by atoms with E-state index in [1.807, 2.05) is 0 Å². The zero-order valence-electron chi connectivity index (χ0n) is 9.10. The fourth-order valence-corrected chi connectivity index (χ4v) is 2.02. The van der Waals surface area contributed by atoms with Crippen LogP contribution in [0, 0.1) is 0 Å². The molecular formula is C10H17BrF3NO. The molecule has 2 nitrogen and oxygen atoms in total. The topological polar surface area (TPSA) is 12.5 Å². The van der Waals surface area contributed by atoms with Crippen LogP contribution in [0.1, 0.15) is 25.7 Å². The van der Waals surface area contributed by atoms with Crippen LogP contribution in [0.4, 0.5) is 13.2 Å². The minimum atomic E-state index is -4.50. The SMILES string of the molecule is FC(F)(F)OCCN(CCCBr)C1CCC1. The van der Waals surface area contributed by atoms with E-state index in [0.29, 0.717) is 12.6 Å². The van der Waals surface area contributed by atoms with Crippen molar-refractivity contribution >= 4 is 15.9 Å². The smallest absolute Gasteiger partial charge is 0.298 e. The first kappa shape index (κ1) is 14.3. The molecule has 6 heteroatoms. The lowest BCUT2D eigenvalue weighted by Crippen LogP contribution is -2.43. The summed E-state index contributed by atoms with van der Waals surface area (Å²) in [5.41, 5.74) is 0. The van der Waals surface area contributed by atoms with Gasteiger partial charge in [-0.15, -0.1) is 13.2 Å². The molecule has 0 aromatic heterocycles. The molecule has 0 unspecified atom stereocenters. The Balaban J connectivity index is 2.21. The molecule has 0 radical (unpaired) electrons. The maximum absolute atomic E-state index is 11.8. The predicted octanol–water partition coefficient (Wildman–Crippen LogP) is 3.16. The van der Waals surface area contributed by atoms with Crippen molar-refractivity contribution < 1.29 is 17.9 Å². The number of alkyl halides is 4. The van der Waals surface area contributed by atoms with Crippen LogP contribution >= 0.6 is 15.9 Å². The van der Waals surface area contributed by atoms with E-state index >= 15 is 0 Å². The predicted molar refractivity (Wildman–Crippen MR) is 59.6 cm³/mol. The Morgan fingerprint density at radius 2 is 1.94 bits per heavy atom. The first-order valence-electron chi connectivity index (χ1n) is 5.53. The van der Waals surface area contributed by atoms with Gasteiger partial charge in [0.1, 0.15) is 0 Å². The van der Waals surface area contributed by atoms with E-state index < -0.39 is 6.36 Å². The number of nitrogens with zero attached hydrogens (tertiary/aromatic N) is 1. The molecule has 0 bridgehead atoms. The standard InChI is InChI=1S/C10H17BrF3NO/c11-5-2-6-15(9-3-1-4-9)7-8-16-10(12,13)14/h9H,1-8H2. The third-order valence-corrected chi connectivity index (χ3v) is 3.38. The molecule has 1 fully saturated rings. The molecule has 1 aliphatic rings. The second kappa shape index (κ2) is 6.81. The van der Waals surface area contributed by atoms with Gasteiger partial charge in [-0.05, 0) is 25.8 Å². The van der Waals surface area contributed by atoms with Gasteiger partial charge >= 0.3 is 6.36 Å². The second-order valence-corrected chi connectivity index (χ2v) is 4.75. The van der Waals surface area contributed by atoms with Gasteiger partial charge < -0.3 is 0 Å². The van der Waals surface area contributed by atoms with Crippen LogP contribution in [0.25, 0.3) is 0 Å². The maximum Gasteiger partial charge on any atom is 0.522 e. The minimum absolute atomic E-state index is 0.262. The quantitative estimate of drug-likeness (QED) is 0.670. The monoisotopic (exact) mass is 303 g/mol.